The molecule has 0 spiro atoms. The topological polar surface area (TPSA) is 39.9 Å². The van der Waals surface area contributed by atoms with Crippen LogP contribution in [0.2, 0.25) is 5.02 Å². The molecule has 4 nitrogen and oxygen atoms in total. The van der Waals surface area contributed by atoms with Crippen molar-refractivity contribution in [3.63, 3.8) is 0 Å². The molecule has 191 valence electrons. The molecule has 2 aromatic heterocycles. The Morgan fingerprint density at radius 1 is 1.17 bits per heavy atom. The van der Waals surface area contributed by atoms with Gasteiger partial charge in [-0.2, -0.15) is 13.9 Å². The van der Waals surface area contributed by atoms with Crippen molar-refractivity contribution in [3.8, 4) is 39.0 Å². The molecule has 1 unspecified atom stereocenters. The van der Waals surface area contributed by atoms with Crippen molar-refractivity contribution in [1.29, 1.82) is 0 Å². The Balaban J connectivity index is 0.00000115. The van der Waals surface area contributed by atoms with E-state index in [9.17, 15) is 17.6 Å². The second-order valence-electron chi connectivity index (χ2n) is 7.14. The minimum absolute atomic E-state index is 0.119. The number of alkyl halides is 4. The predicted molar refractivity (Wildman–Crippen MR) is 149 cm³/mol. The van der Waals surface area contributed by atoms with Crippen molar-refractivity contribution in [2.45, 2.75) is 18.7 Å². The van der Waals surface area contributed by atoms with Crippen LogP contribution in [0.25, 0.3) is 33.2 Å². The summed E-state index contributed by atoms with van der Waals surface area (Å²) in [4.78, 5) is 5.35. The molecular formula is C22H15Cl2F4I2N3OSV. The summed E-state index contributed by atoms with van der Waals surface area (Å²) in [7, 11) is 2.32. The SMILES string of the molecule is Cc1c(-c2nc(-c3c(F)cccc3Cl)nn2C)csc1-c1ccc(OC(F)(F)C(F)Cl)cc1.[I][V][I]. The van der Waals surface area contributed by atoms with Crippen molar-refractivity contribution >= 4 is 74.5 Å². The third kappa shape index (κ3) is 6.89. The first-order chi connectivity index (χ1) is 17.0. The van der Waals surface area contributed by atoms with Crippen molar-refractivity contribution in [2.24, 2.45) is 7.05 Å². The van der Waals surface area contributed by atoms with Gasteiger partial charge in [0.05, 0.1) is 10.6 Å². The van der Waals surface area contributed by atoms with Crippen molar-refractivity contribution < 1.29 is 31.8 Å². The van der Waals surface area contributed by atoms with Gasteiger partial charge in [0, 0.05) is 22.9 Å². The van der Waals surface area contributed by atoms with Gasteiger partial charge in [-0.1, -0.05) is 29.3 Å². The maximum atomic E-state index is 14.3. The molecule has 36 heavy (non-hydrogen) atoms. The normalized spacial score (nSPS) is 12.1. The number of aryl methyl sites for hydroxylation is 1. The van der Waals surface area contributed by atoms with E-state index in [2.05, 4.69) is 54.8 Å². The Kier molecular flexibility index (Phi) is 10.8. The number of ether oxygens (including phenoxy) is 1. The second kappa shape index (κ2) is 13.0. The second-order valence-corrected chi connectivity index (χ2v) is 20.6. The Hall–Kier alpha value is -0.576. The van der Waals surface area contributed by atoms with Crippen LogP contribution >= 0.6 is 74.5 Å². The minimum atomic E-state index is -4.14. The molecule has 0 aliphatic carbocycles. The number of rotatable bonds is 6. The van der Waals surface area contributed by atoms with Crippen molar-refractivity contribution in [1.82, 2.24) is 14.8 Å². The van der Waals surface area contributed by atoms with E-state index >= 15 is 0 Å². The number of nitrogens with zero attached hydrogens (tertiary/aromatic N) is 3. The van der Waals surface area contributed by atoms with E-state index in [0.29, 0.717) is 15.3 Å². The molecule has 4 rings (SSSR count). The summed E-state index contributed by atoms with van der Waals surface area (Å²) < 4.78 is 59.6. The molecule has 14 heteroatoms. The Bertz CT molecular complexity index is 1320. The Labute approximate surface area is 247 Å². The van der Waals surface area contributed by atoms with E-state index in [1.54, 1.807) is 25.2 Å². The molecule has 0 N–H and O–H groups in total. The maximum absolute atomic E-state index is 14.3. The number of hydrogen-bond acceptors (Lipinski definition) is 4. The van der Waals surface area contributed by atoms with Gasteiger partial charge in [0.2, 0.25) is 0 Å². The van der Waals surface area contributed by atoms with Crippen LogP contribution in [-0.2, 0) is 16.5 Å². The van der Waals surface area contributed by atoms with E-state index in [1.165, 1.54) is 40.3 Å². The monoisotopic (exact) mass is 820 g/mol. The first-order valence-electron chi connectivity index (χ1n) is 9.81. The zero-order valence-corrected chi connectivity index (χ0v) is 26.4. The molecule has 0 amide bonds. The number of benzene rings is 2. The van der Waals surface area contributed by atoms with Gasteiger partial charge < -0.3 is 4.74 Å². The van der Waals surface area contributed by atoms with Crippen LogP contribution in [0.4, 0.5) is 17.6 Å². The van der Waals surface area contributed by atoms with Crippen LogP contribution in [0.1, 0.15) is 5.56 Å². The van der Waals surface area contributed by atoms with Crippen molar-refractivity contribution in [3.05, 3.63) is 64.2 Å². The quantitative estimate of drug-likeness (QED) is 0.111. The fourth-order valence-electron chi connectivity index (χ4n) is 3.23. The van der Waals surface area contributed by atoms with Gasteiger partial charge >= 0.3 is 55.5 Å². The molecule has 0 aliphatic rings. The fraction of sp³-hybridized carbons (Fsp3) is 0.182. The van der Waals surface area contributed by atoms with Gasteiger partial charge in [-0.05, 0) is 54.4 Å². The first kappa shape index (κ1) is 30.0. The summed E-state index contributed by atoms with van der Waals surface area (Å²) in [5, 5.41) is 6.40. The number of halogens is 8. The molecule has 0 fully saturated rings. The zero-order valence-electron chi connectivity index (χ0n) is 18.3. The van der Waals surface area contributed by atoms with Gasteiger partial charge in [-0.25, -0.2) is 18.4 Å². The molecule has 0 aliphatic heterocycles. The van der Waals surface area contributed by atoms with Gasteiger partial charge in [0.25, 0.3) is 5.63 Å². The van der Waals surface area contributed by atoms with Gasteiger partial charge in [-0.15, -0.1) is 11.3 Å². The van der Waals surface area contributed by atoms with E-state index in [1.807, 2.05) is 12.3 Å². The van der Waals surface area contributed by atoms with Gasteiger partial charge in [0.15, 0.2) is 11.6 Å². The number of hydrogen-bond donors (Lipinski definition) is 0. The zero-order chi connectivity index (χ0) is 26.6. The molecule has 0 bridgehead atoms. The Morgan fingerprint density at radius 3 is 2.39 bits per heavy atom. The van der Waals surface area contributed by atoms with Gasteiger partial charge in [-0.3, -0.25) is 0 Å². The summed E-state index contributed by atoms with van der Waals surface area (Å²) in [6, 6.07) is 10.1. The summed E-state index contributed by atoms with van der Waals surface area (Å²) in [5.74, 6) is -0.0691. The first-order valence-corrected chi connectivity index (χ1v) is 20.5. The summed E-state index contributed by atoms with van der Waals surface area (Å²) >= 11 is 17.1. The van der Waals surface area contributed by atoms with E-state index in [4.69, 9.17) is 23.2 Å². The molecule has 0 saturated heterocycles. The number of aromatic nitrogens is 3. The average molecular weight is 821 g/mol. The Morgan fingerprint density at radius 2 is 1.81 bits per heavy atom. The van der Waals surface area contributed by atoms with Crippen LogP contribution in [0.3, 0.4) is 0 Å². The fourth-order valence-corrected chi connectivity index (χ4v) is 4.60. The molecule has 2 aromatic carbocycles. The predicted octanol–water partition coefficient (Wildman–Crippen LogP) is 9.25. The van der Waals surface area contributed by atoms with Crippen LogP contribution < -0.4 is 4.74 Å². The van der Waals surface area contributed by atoms with E-state index in [-0.39, 0.29) is 22.2 Å². The van der Waals surface area contributed by atoms with E-state index in [0.717, 1.165) is 21.6 Å². The molecule has 2 heterocycles. The molecule has 0 saturated carbocycles. The van der Waals surface area contributed by atoms with Crippen LogP contribution in [-0.4, -0.2) is 26.5 Å². The molecule has 4 aromatic rings. The summed E-state index contributed by atoms with van der Waals surface area (Å²) in [5.41, 5.74) is -0.464. The standard InChI is InChI=1S/C22H15Cl2F4N3OS.2HI.V/c1-11-14(20-29-19(30-31(20)2)17-15(23)4-3-5-16(17)25)10-33-18(11)12-6-8-13(9-7-12)32-22(27,28)21(24)26;;;/h3-10,21H,1-2H3;2*1H;/q;;;+2/p-2. The van der Waals surface area contributed by atoms with Crippen molar-refractivity contribution in [2.75, 3.05) is 0 Å². The third-order valence-electron chi connectivity index (χ3n) is 4.85. The van der Waals surface area contributed by atoms with Crippen LogP contribution in [0.15, 0.2) is 47.8 Å². The molecule has 1 atom stereocenters. The van der Waals surface area contributed by atoms with Gasteiger partial charge in [0.1, 0.15) is 11.6 Å². The summed E-state index contributed by atoms with van der Waals surface area (Å²) in [6.07, 6.45) is -4.14. The molecule has 0 radical (unpaired) electrons. The summed E-state index contributed by atoms with van der Waals surface area (Å²) in [6.45, 7) is 1.88. The van der Waals surface area contributed by atoms with Crippen LogP contribution in [0.5, 0.6) is 5.75 Å². The third-order valence-corrected chi connectivity index (χ3v) is 6.55. The van der Waals surface area contributed by atoms with Crippen LogP contribution in [0, 0.1) is 12.7 Å². The molecular weight excluding hydrogens is 806 g/mol. The number of thiophene rings is 1. The van der Waals surface area contributed by atoms with E-state index < -0.39 is 17.6 Å². The average Bonchev–Trinajstić information content (AvgIpc) is 3.36.